The summed E-state index contributed by atoms with van der Waals surface area (Å²) in [6, 6.07) is 18.6. The zero-order valence-electron chi connectivity index (χ0n) is 9.55. The fraction of sp³-hybridized carbons (Fsp3) is 0.143. The van der Waals surface area contributed by atoms with E-state index in [1.54, 1.807) is 0 Å². The van der Waals surface area contributed by atoms with Gasteiger partial charge in [-0.05, 0) is 26.0 Å². The lowest BCUT2D eigenvalue weighted by Crippen LogP contribution is -1.68. The molecule has 0 heterocycles. The van der Waals surface area contributed by atoms with Gasteiger partial charge in [-0.15, -0.1) is 11.7 Å². The van der Waals surface area contributed by atoms with Crippen molar-refractivity contribution in [2.75, 3.05) is 0 Å². The quantitative estimate of drug-likeness (QED) is 0.551. The van der Waals surface area contributed by atoms with Crippen LogP contribution in [0.15, 0.2) is 59.5 Å². The maximum Gasteiger partial charge on any atom is 0.0180 e. The van der Waals surface area contributed by atoms with Gasteiger partial charge in [-0.3, -0.25) is 0 Å². The molecule has 84 valence electrons. The molecular weight excluding hydrogens is 232 g/mol. The molecule has 2 heteroatoms. The smallest absolute Gasteiger partial charge is 0.0180 e. The Hall–Kier alpha value is -0.860. The van der Waals surface area contributed by atoms with Gasteiger partial charge >= 0.3 is 0 Å². The van der Waals surface area contributed by atoms with Gasteiger partial charge < -0.3 is 0 Å². The van der Waals surface area contributed by atoms with Gasteiger partial charge in [0.1, 0.15) is 0 Å². The van der Waals surface area contributed by atoms with E-state index in [2.05, 4.69) is 61.9 Å². The van der Waals surface area contributed by atoms with Gasteiger partial charge in [0.15, 0.2) is 0 Å². The molecule has 16 heavy (non-hydrogen) atoms. The molecule has 0 spiro atoms. The Morgan fingerprint density at radius 2 is 1.25 bits per heavy atom. The van der Waals surface area contributed by atoms with Gasteiger partial charge in [-0.2, -0.15) is 0 Å². The summed E-state index contributed by atoms with van der Waals surface area (Å²) < 4.78 is 0. The molecule has 0 aromatic heterocycles. The molecule has 0 aliphatic carbocycles. The van der Waals surface area contributed by atoms with Gasteiger partial charge in [0, 0.05) is 4.90 Å². The topological polar surface area (TPSA) is 0 Å². The zero-order chi connectivity index (χ0) is 11.8. The Morgan fingerprint density at radius 3 is 1.62 bits per heavy atom. The van der Waals surface area contributed by atoms with Gasteiger partial charge in [0.2, 0.25) is 0 Å². The third-order valence-electron chi connectivity index (χ3n) is 2.07. The van der Waals surface area contributed by atoms with E-state index in [-0.39, 0.29) is 0 Å². The van der Waals surface area contributed by atoms with Crippen LogP contribution >= 0.6 is 22.5 Å². The normalized spacial score (nSPS) is 9.19. The number of aryl methyl sites for hydroxylation is 2. The number of thiol groups is 1. The van der Waals surface area contributed by atoms with E-state index in [1.807, 2.05) is 18.2 Å². The minimum absolute atomic E-state index is 1.20. The number of benzene rings is 2. The summed E-state index contributed by atoms with van der Waals surface area (Å²) in [5, 5.41) is 0. The van der Waals surface area contributed by atoms with Crippen molar-refractivity contribution in [1.82, 2.24) is 0 Å². The Labute approximate surface area is 107 Å². The van der Waals surface area contributed by atoms with Gasteiger partial charge in [0.25, 0.3) is 0 Å². The average molecular weight is 248 g/mol. The molecule has 0 saturated heterocycles. The second-order valence-electron chi connectivity index (χ2n) is 3.56. The maximum atomic E-state index is 4.06. The number of hydrogen-bond donors (Lipinski definition) is 1. The van der Waals surface area contributed by atoms with Crippen LogP contribution in [0.25, 0.3) is 0 Å². The van der Waals surface area contributed by atoms with E-state index >= 15 is 0 Å². The molecule has 0 nitrogen and oxygen atoms in total. The van der Waals surface area contributed by atoms with E-state index in [9.17, 15) is 0 Å². The van der Waals surface area contributed by atoms with Crippen LogP contribution in [0.5, 0.6) is 0 Å². The summed E-state index contributed by atoms with van der Waals surface area (Å²) in [6.45, 7) is 4.16. The van der Waals surface area contributed by atoms with Crippen molar-refractivity contribution < 1.29 is 0 Å². The van der Waals surface area contributed by atoms with Gasteiger partial charge in [-0.1, -0.05) is 64.4 Å². The standard InChI is InChI=1S/C7H8S2.C7H8/c1-6-2-4-7(9-8)5-3-6;1-7-5-3-2-4-6-7/h2-5,8H,1H3;2-6H,1H3. The summed E-state index contributed by atoms with van der Waals surface area (Å²) >= 11 is 4.06. The first-order valence-corrected chi connectivity index (χ1v) is 6.99. The highest BCUT2D eigenvalue weighted by molar-refractivity contribution is 8.68. The Morgan fingerprint density at radius 1 is 0.750 bits per heavy atom. The molecule has 0 bridgehead atoms. The van der Waals surface area contributed by atoms with Crippen LogP contribution in [-0.4, -0.2) is 0 Å². The predicted molar refractivity (Wildman–Crippen MR) is 77.2 cm³/mol. The highest BCUT2D eigenvalue weighted by Crippen LogP contribution is 2.20. The molecule has 0 aliphatic heterocycles. The van der Waals surface area contributed by atoms with E-state index in [1.165, 1.54) is 26.8 Å². The fourth-order valence-corrected chi connectivity index (χ4v) is 1.76. The van der Waals surface area contributed by atoms with Crippen LogP contribution in [0.4, 0.5) is 0 Å². The lowest BCUT2D eigenvalue weighted by atomic mass is 10.2. The second-order valence-corrected chi connectivity index (χ2v) is 4.76. The van der Waals surface area contributed by atoms with Crippen molar-refractivity contribution in [1.29, 1.82) is 0 Å². The first-order chi connectivity index (χ1) is 7.72. The van der Waals surface area contributed by atoms with Crippen LogP contribution in [0, 0.1) is 13.8 Å². The summed E-state index contributed by atoms with van der Waals surface area (Å²) in [7, 11) is 1.47. The summed E-state index contributed by atoms with van der Waals surface area (Å²) in [6.07, 6.45) is 0. The molecule has 0 N–H and O–H groups in total. The van der Waals surface area contributed by atoms with Crippen LogP contribution in [0.1, 0.15) is 11.1 Å². The summed E-state index contributed by atoms with van der Waals surface area (Å²) in [5.74, 6) is 0. The highest BCUT2D eigenvalue weighted by Gasteiger charge is 1.86. The Balaban J connectivity index is 0.000000165. The lowest BCUT2D eigenvalue weighted by molar-refractivity contribution is 1.38. The molecule has 0 amide bonds. The third-order valence-corrected chi connectivity index (χ3v) is 3.18. The monoisotopic (exact) mass is 248 g/mol. The fourth-order valence-electron chi connectivity index (χ4n) is 1.13. The van der Waals surface area contributed by atoms with Crippen molar-refractivity contribution in [2.24, 2.45) is 0 Å². The predicted octanol–water partition coefficient (Wildman–Crippen LogP) is 4.93. The van der Waals surface area contributed by atoms with Crippen molar-refractivity contribution in [3.8, 4) is 0 Å². The largest absolute Gasteiger partial charge is 0.106 e. The maximum absolute atomic E-state index is 4.06. The molecule has 0 aliphatic rings. The van der Waals surface area contributed by atoms with Crippen molar-refractivity contribution in [3.63, 3.8) is 0 Å². The number of rotatable bonds is 1. The molecule has 0 fully saturated rings. The van der Waals surface area contributed by atoms with Crippen molar-refractivity contribution in [3.05, 3.63) is 65.7 Å². The van der Waals surface area contributed by atoms with Crippen molar-refractivity contribution >= 4 is 22.5 Å². The SMILES string of the molecule is Cc1ccc(SS)cc1.Cc1ccccc1. The van der Waals surface area contributed by atoms with Gasteiger partial charge in [-0.25, -0.2) is 0 Å². The van der Waals surface area contributed by atoms with E-state index in [4.69, 9.17) is 0 Å². The first-order valence-electron chi connectivity index (χ1n) is 5.12. The second kappa shape index (κ2) is 7.42. The van der Waals surface area contributed by atoms with E-state index in [0.29, 0.717) is 0 Å². The molecule has 2 aromatic carbocycles. The minimum Gasteiger partial charge on any atom is -0.106 e. The van der Waals surface area contributed by atoms with Crippen molar-refractivity contribution in [2.45, 2.75) is 18.7 Å². The van der Waals surface area contributed by atoms with Crippen LogP contribution in [0.2, 0.25) is 0 Å². The number of hydrogen-bond acceptors (Lipinski definition) is 2. The van der Waals surface area contributed by atoms with Crippen LogP contribution in [0.3, 0.4) is 0 Å². The van der Waals surface area contributed by atoms with E-state index < -0.39 is 0 Å². The summed E-state index contributed by atoms with van der Waals surface area (Å²) in [5.41, 5.74) is 2.61. The van der Waals surface area contributed by atoms with Crippen LogP contribution in [-0.2, 0) is 0 Å². The highest BCUT2D eigenvalue weighted by atomic mass is 33.1. The molecular formula is C14H16S2. The molecule has 0 saturated carbocycles. The third kappa shape index (κ3) is 5.29. The van der Waals surface area contributed by atoms with Crippen LogP contribution < -0.4 is 0 Å². The summed E-state index contributed by atoms with van der Waals surface area (Å²) in [4.78, 5) is 1.20. The van der Waals surface area contributed by atoms with E-state index in [0.717, 1.165) is 0 Å². The Bertz CT molecular complexity index is 393. The lowest BCUT2D eigenvalue weighted by Gasteiger charge is -1.93. The molecule has 2 rings (SSSR count). The average Bonchev–Trinajstić information content (AvgIpc) is 2.32. The molecule has 0 unspecified atom stereocenters. The first kappa shape index (κ1) is 13.2. The molecule has 0 radical (unpaired) electrons. The van der Waals surface area contributed by atoms with Gasteiger partial charge in [0.05, 0.1) is 0 Å². The molecule has 0 atom stereocenters. The minimum atomic E-state index is 1.20. The molecule has 2 aromatic rings. The zero-order valence-corrected chi connectivity index (χ0v) is 11.3. The Kier molecular flexibility index (Phi) is 6.12.